The maximum Gasteiger partial charge on any atom is 0.233 e. The van der Waals surface area contributed by atoms with Gasteiger partial charge in [-0.15, -0.1) is 0 Å². The number of amides is 1. The monoisotopic (exact) mass is 226 g/mol. The maximum absolute atomic E-state index is 11.0. The molecule has 1 amide bonds. The molecule has 1 saturated carbocycles. The van der Waals surface area contributed by atoms with Crippen LogP contribution < -0.4 is 10.6 Å². The molecule has 0 aromatic rings. The normalized spacial score (nSPS) is 19.4. The molecule has 1 aliphatic carbocycles. The van der Waals surface area contributed by atoms with Crippen molar-refractivity contribution in [1.82, 2.24) is 10.6 Å². The van der Waals surface area contributed by atoms with E-state index in [2.05, 4.69) is 17.6 Å². The number of carbonyl (C=O) groups excluding carboxylic acids is 1. The molecule has 16 heavy (non-hydrogen) atoms. The minimum absolute atomic E-state index is 0.0736. The SMILES string of the molecule is CNC(=O)CNC(C)CCC1CCCCC1. The molecule has 0 aliphatic heterocycles. The third-order valence-corrected chi connectivity index (χ3v) is 3.62. The molecule has 1 aliphatic rings. The Morgan fingerprint density at radius 3 is 2.62 bits per heavy atom. The first-order valence-electron chi connectivity index (χ1n) is 6.66. The van der Waals surface area contributed by atoms with E-state index >= 15 is 0 Å². The quantitative estimate of drug-likeness (QED) is 0.728. The van der Waals surface area contributed by atoms with E-state index in [1.807, 2.05) is 0 Å². The van der Waals surface area contributed by atoms with Crippen LogP contribution in [0.2, 0.25) is 0 Å². The summed E-state index contributed by atoms with van der Waals surface area (Å²) in [4.78, 5) is 11.0. The summed E-state index contributed by atoms with van der Waals surface area (Å²) in [6.45, 7) is 2.62. The fourth-order valence-corrected chi connectivity index (χ4v) is 2.42. The summed E-state index contributed by atoms with van der Waals surface area (Å²) in [6.07, 6.45) is 9.63. The molecule has 0 heterocycles. The molecule has 0 bridgehead atoms. The van der Waals surface area contributed by atoms with Crippen molar-refractivity contribution in [3.8, 4) is 0 Å². The topological polar surface area (TPSA) is 41.1 Å². The highest BCUT2D eigenvalue weighted by Gasteiger charge is 2.14. The first kappa shape index (κ1) is 13.5. The molecule has 0 saturated heterocycles. The first-order valence-corrected chi connectivity index (χ1v) is 6.66. The van der Waals surface area contributed by atoms with E-state index in [-0.39, 0.29) is 5.91 Å². The van der Waals surface area contributed by atoms with E-state index < -0.39 is 0 Å². The van der Waals surface area contributed by atoms with Crippen LogP contribution in [0, 0.1) is 5.92 Å². The van der Waals surface area contributed by atoms with Crippen molar-refractivity contribution < 1.29 is 4.79 Å². The van der Waals surface area contributed by atoms with Gasteiger partial charge in [-0.05, 0) is 25.7 Å². The molecule has 0 radical (unpaired) electrons. The summed E-state index contributed by atoms with van der Waals surface area (Å²) < 4.78 is 0. The standard InChI is InChI=1S/C13H26N2O/c1-11(15-10-13(16)14-2)8-9-12-6-4-3-5-7-12/h11-12,15H,3-10H2,1-2H3,(H,14,16). The summed E-state index contributed by atoms with van der Waals surface area (Å²) in [7, 11) is 1.68. The summed E-state index contributed by atoms with van der Waals surface area (Å²) in [5, 5.41) is 5.89. The average molecular weight is 226 g/mol. The molecule has 1 fully saturated rings. The summed E-state index contributed by atoms with van der Waals surface area (Å²) in [5.74, 6) is 1.02. The maximum atomic E-state index is 11.0. The average Bonchev–Trinajstić information content (AvgIpc) is 2.34. The Morgan fingerprint density at radius 1 is 1.31 bits per heavy atom. The van der Waals surface area contributed by atoms with Crippen LogP contribution in [0.25, 0.3) is 0 Å². The van der Waals surface area contributed by atoms with E-state index in [9.17, 15) is 4.79 Å². The van der Waals surface area contributed by atoms with Gasteiger partial charge in [0.05, 0.1) is 6.54 Å². The van der Waals surface area contributed by atoms with Gasteiger partial charge in [-0.3, -0.25) is 4.79 Å². The minimum Gasteiger partial charge on any atom is -0.358 e. The van der Waals surface area contributed by atoms with Crippen LogP contribution in [0.3, 0.4) is 0 Å². The second-order valence-corrected chi connectivity index (χ2v) is 5.04. The van der Waals surface area contributed by atoms with Gasteiger partial charge < -0.3 is 10.6 Å². The predicted molar refractivity (Wildman–Crippen MR) is 67.3 cm³/mol. The van der Waals surface area contributed by atoms with Gasteiger partial charge in [0.25, 0.3) is 0 Å². The van der Waals surface area contributed by atoms with Crippen molar-refractivity contribution >= 4 is 5.91 Å². The van der Waals surface area contributed by atoms with Crippen LogP contribution in [-0.2, 0) is 4.79 Å². The van der Waals surface area contributed by atoms with E-state index in [1.54, 1.807) is 7.05 Å². The number of likely N-dealkylation sites (N-methyl/N-ethyl adjacent to an activating group) is 1. The molecule has 3 nitrogen and oxygen atoms in total. The van der Waals surface area contributed by atoms with Gasteiger partial charge >= 0.3 is 0 Å². The zero-order valence-electron chi connectivity index (χ0n) is 10.7. The highest BCUT2D eigenvalue weighted by atomic mass is 16.1. The van der Waals surface area contributed by atoms with Crippen LogP contribution in [0.5, 0.6) is 0 Å². The number of hydrogen-bond donors (Lipinski definition) is 2. The molecule has 3 heteroatoms. The zero-order valence-corrected chi connectivity index (χ0v) is 10.7. The lowest BCUT2D eigenvalue weighted by Crippen LogP contribution is -2.36. The van der Waals surface area contributed by atoms with Crippen molar-refractivity contribution in [2.24, 2.45) is 5.92 Å². The third-order valence-electron chi connectivity index (χ3n) is 3.62. The summed E-state index contributed by atoms with van der Waals surface area (Å²) in [5.41, 5.74) is 0. The number of carbonyl (C=O) groups is 1. The smallest absolute Gasteiger partial charge is 0.233 e. The Hall–Kier alpha value is -0.570. The van der Waals surface area contributed by atoms with Crippen LogP contribution in [-0.4, -0.2) is 25.5 Å². The molecular weight excluding hydrogens is 200 g/mol. The van der Waals surface area contributed by atoms with Crippen LogP contribution >= 0.6 is 0 Å². The summed E-state index contributed by atoms with van der Waals surface area (Å²) in [6, 6.07) is 0.458. The first-order chi connectivity index (χ1) is 7.72. The van der Waals surface area contributed by atoms with Crippen molar-refractivity contribution in [3.05, 3.63) is 0 Å². The van der Waals surface area contributed by atoms with Gasteiger partial charge in [0.1, 0.15) is 0 Å². The second-order valence-electron chi connectivity index (χ2n) is 5.04. The number of nitrogens with one attached hydrogen (secondary N) is 2. The fraction of sp³-hybridized carbons (Fsp3) is 0.923. The molecule has 0 spiro atoms. The van der Waals surface area contributed by atoms with Crippen LogP contribution in [0.4, 0.5) is 0 Å². The van der Waals surface area contributed by atoms with Crippen molar-refractivity contribution in [2.75, 3.05) is 13.6 Å². The van der Waals surface area contributed by atoms with Crippen molar-refractivity contribution in [2.45, 2.75) is 57.9 Å². The van der Waals surface area contributed by atoms with Gasteiger partial charge in [-0.1, -0.05) is 32.1 Å². The second kappa shape index (κ2) is 7.66. The van der Waals surface area contributed by atoms with E-state index in [0.717, 1.165) is 5.92 Å². The van der Waals surface area contributed by atoms with E-state index in [4.69, 9.17) is 0 Å². The van der Waals surface area contributed by atoms with Crippen molar-refractivity contribution in [1.29, 1.82) is 0 Å². The molecule has 1 rings (SSSR count). The molecule has 1 unspecified atom stereocenters. The molecule has 0 aromatic carbocycles. The summed E-state index contributed by atoms with van der Waals surface area (Å²) >= 11 is 0. The van der Waals surface area contributed by atoms with Crippen LogP contribution in [0.15, 0.2) is 0 Å². The predicted octanol–water partition coefficient (Wildman–Crippen LogP) is 2.07. The molecule has 1 atom stereocenters. The van der Waals surface area contributed by atoms with Gasteiger partial charge in [0, 0.05) is 13.1 Å². The lowest BCUT2D eigenvalue weighted by atomic mass is 9.85. The largest absolute Gasteiger partial charge is 0.358 e. The Bertz CT molecular complexity index is 200. The molecule has 0 aromatic heterocycles. The van der Waals surface area contributed by atoms with E-state index in [1.165, 1.54) is 44.9 Å². The Kier molecular flexibility index (Phi) is 6.46. The Morgan fingerprint density at radius 2 is 2.00 bits per heavy atom. The van der Waals surface area contributed by atoms with Gasteiger partial charge in [0.15, 0.2) is 0 Å². The number of hydrogen-bond acceptors (Lipinski definition) is 2. The van der Waals surface area contributed by atoms with Crippen LogP contribution in [0.1, 0.15) is 51.9 Å². The highest BCUT2D eigenvalue weighted by molar-refractivity contribution is 5.77. The molecule has 94 valence electrons. The Labute approximate surface area is 99.4 Å². The van der Waals surface area contributed by atoms with Gasteiger partial charge in [-0.2, -0.15) is 0 Å². The Balaban J connectivity index is 2.04. The molecular formula is C13H26N2O. The highest BCUT2D eigenvalue weighted by Crippen LogP contribution is 2.27. The van der Waals surface area contributed by atoms with Gasteiger partial charge in [0.2, 0.25) is 5.91 Å². The minimum atomic E-state index is 0.0736. The third kappa shape index (κ3) is 5.50. The number of rotatable bonds is 6. The molecule has 2 N–H and O–H groups in total. The van der Waals surface area contributed by atoms with E-state index in [0.29, 0.717) is 12.6 Å². The lowest BCUT2D eigenvalue weighted by Gasteiger charge is -2.23. The van der Waals surface area contributed by atoms with Crippen molar-refractivity contribution in [3.63, 3.8) is 0 Å². The van der Waals surface area contributed by atoms with Gasteiger partial charge in [-0.25, -0.2) is 0 Å². The lowest BCUT2D eigenvalue weighted by molar-refractivity contribution is -0.119. The zero-order chi connectivity index (χ0) is 11.8. The fourth-order valence-electron chi connectivity index (χ4n) is 2.42.